The monoisotopic (exact) mass is 367 g/mol. The number of hydrogen-bond acceptors (Lipinski definition) is 5. The average molecular weight is 367 g/mol. The molecule has 0 aliphatic carbocycles. The van der Waals surface area contributed by atoms with E-state index in [0.717, 1.165) is 16.1 Å². The second-order valence-electron chi connectivity index (χ2n) is 6.39. The van der Waals surface area contributed by atoms with E-state index in [1.165, 1.54) is 0 Å². The van der Waals surface area contributed by atoms with Crippen molar-refractivity contribution >= 4 is 17.8 Å². The Balaban J connectivity index is 1.64. The zero-order valence-electron chi connectivity index (χ0n) is 14.7. The van der Waals surface area contributed by atoms with E-state index in [1.54, 1.807) is 0 Å². The zero-order valence-corrected chi connectivity index (χ0v) is 14.7. The first-order chi connectivity index (χ1) is 13.0. The summed E-state index contributed by atoms with van der Waals surface area (Å²) in [5, 5.41) is 3.59. The highest BCUT2D eigenvalue weighted by Gasteiger charge is 2.43. The lowest BCUT2D eigenvalue weighted by molar-refractivity contribution is -0.154. The van der Waals surface area contributed by atoms with Crippen molar-refractivity contribution in [1.82, 2.24) is 10.3 Å². The third kappa shape index (κ3) is 4.71. The van der Waals surface area contributed by atoms with Crippen molar-refractivity contribution in [3.8, 4) is 0 Å². The molecule has 0 unspecified atom stereocenters. The van der Waals surface area contributed by atoms with Crippen LogP contribution in [0.1, 0.15) is 11.1 Å². The molecule has 3 N–H and O–H groups in total. The van der Waals surface area contributed by atoms with Gasteiger partial charge in [-0.1, -0.05) is 60.7 Å². The maximum Gasteiger partial charge on any atom is 0.408 e. The van der Waals surface area contributed by atoms with E-state index in [-0.39, 0.29) is 25.4 Å². The first-order valence-electron chi connectivity index (χ1n) is 8.65. The third-order valence-corrected chi connectivity index (χ3v) is 4.43. The van der Waals surface area contributed by atoms with Crippen LogP contribution in [-0.2, 0) is 27.4 Å². The number of hydrazine groups is 1. The molecule has 1 fully saturated rings. The van der Waals surface area contributed by atoms with E-state index in [0.29, 0.717) is 0 Å². The van der Waals surface area contributed by atoms with Crippen LogP contribution in [0, 0.1) is 5.92 Å². The van der Waals surface area contributed by atoms with Crippen LogP contribution < -0.4 is 11.2 Å². The summed E-state index contributed by atoms with van der Waals surface area (Å²) in [7, 11) is 0. The van der Waals surface area contributed by atoms with Crippen molar-refractivity contribution in [3.63, 3.8) is 0 Å². The van der Waals surface area contributed by atoms with Crippen LogP contribution in [-0.4, -0.2) is 35.4 Å². The summed E-state index contributed by atoms with van der Waals surface area (Å²) in [6.07, 6.45) is -0.432. The number of carbonyl (C=O) groups excluding carboxylic acids is 3. The van der Waals surface area contributed by atoms with Gasteiger partial charge in [-0.25, -0.2) is 10.6 Å². The number of rotatable bonds is 7. The van der Waals surface area contributed by atoms with Crippen LogP contribution in [0.15, 0.2) is 60.7 Å². The Bertz CT molecular complexity index is 810. The van der Waals surface area contributed by atoms with Crippen molar-refractivity contribution in [1.29, 1.82) is 0 Å². The second-order valence-corrected chi connectivity index (χ2v) is 6.39. The molecular weight excluding hydrogens is 346 g/mol. The lowest BCUT2D eigenvalue weighted by Gasteiger charge is -2.35. The van der Waals surface area contributed by atoms with Crippen molar-refractivity contribution in [3.05, 3.63) is 71.8 Å². The van der Waals surface area contributed by atoms with Crippen molar-refractivity contribution in [2.45, 2.75) is 19.1 Å². The third-order valence-electron chi connectivity index (χ3n) is 4.43. The van der Waals surface area contributed by atoms with E-state index in [4.69, 9.17) is 10.6 Å². The number of nitrogens with one attached hydrogen (secondary N) is 1. The van der Waals surface area contributed by atoms with E-state index in [1.807, 2.05) is 60.7 Å². The molecule has 1 aliphatic heterocycles. The number of carbonyl (C=O) groups is 3. The summed E-state index contributed by atoms with van der Waals surface area (Å²) in [5.41, 5.74) is 1.71. The first kappa shape index (κ1) is 18.6. The van der Waals surface area contributed by atoms with Gasteiger partial charge in [0.15, 0.2) is 5.78 Å². The van der Waals surface area contributed by atoms with E-state index in [2.05, 4.69) is 5.32 Å². The Morgan fingerprint density at radius 1 is 1.07 bits per heavy atom. The van der Waals surface area contributed by atoms with Crippen LogP contribution in [0.2, 0.25) is 0 Å². The number of ketones is 1. The predicted octanol–water partition coefficient (Wildman–Crippen LogP) is 1.43. The quantitative estimate of drug-likeness (QED) is 0.334. The number of amides is 2. The van der Waals surface area contributed by atoms with Gasteiger partial charge in [0.1, 0.15) is 12.5 Å². The molecule has 0 bridgehead atoms. The molecule has 140 valence electrons. The Kier molecular flexibility index (Phi) is 5.83. The summed E-state index contributed by atoms with van der Waals surface area (Å²) in [4.78, 5) is 36.7. The average Bonchev–Trinajstić information content (AvgIpc) is 2.70. The van der Waals surface area contributed by atoms with Gasteiger partial charge >= 0.3 is 6.09 Å². The summed E-state index contributed by atoms with van der Waals surface area (Å²) in [5.74, 6) is 3.82. The predicted molar refractivity (Wildman–Crippen MR) is 98.1 cm³/mol. The lowest BCUT2D eigenvalue weighted by Crippen LogP contribution is -2.62. The molecule has 27 heavy (non-hydrogen) atoms. The molecule has 1 aliphatic rings. The highest BCUT2D eigenvalue weighted by Crippen LogP contribution is 2.18. The minimum absolute atomic E-state index is 0.0951. The summed E-state index contributed by atoms with van der Waals surface area (Å²) < 4.78 is 5.20. The number of nitrogens with two attached hydrogens (primary N) is 1. The molecule has 3 rings (SSSR count). The van der Waals surface area contributed by atoms with Crippen molar-refractivity contribution < 1.29 is 19.1 Å². The minimum Gasteiger partial charge on any atom is -0.445 e. The molecule has 0 aromatic heterocycles. The van der Waals surface area contributed by atoms with Crippen LogP contribution in [0.4, 0.5) is 4.79 Å². The molecular formula is C20H21N3O4. The first-order valence-corrected chi connectivity index (χ1v) is 8.65. The maximum absolute atomic E-state index is 12.7. The Hall–Kier alpha value is -3.19. The van der Waals surface area contributed by atoms with Gasteiger partial charge in [0.25, 0.3) is 0 Å². The Morgan fingerprint density at radius 2 is 1.67 bits per heavy atom. The molecule has 7 nitrogen and oxygen atoms in total. The smallest absolute Gasteiger partial charge is 0.408 e. The van der Waals surface area contributed by atoms with Gasteiger partial charge < -0.3 is 10.1 Å². The highest BCUT2D eigenvalue weighted by atomic mass is 16.5. The molecule has 1 saturated heterocycles. The maximum atomic E-state index is 12.7. The normalized spacial score (nSPS) is 17.0. The molecule has 0 saturated carbocycles. The summed E-state index contributed by atoms with van der Waals surface area (Å²) >= 11 is 0. The molecule has 7 heteroatoms. The molecule has 0 radical (unpaired) electrons. The van der Waals surface area contributed by atoms with E-state index in [9.17, 15) is 14.4 Å². The fourth-order valence-electron chi connectivity index (χ4n) is 2.89. The number of alkyl carbamates (subject to hydrolysis) is 1. The van der Waals surface area contributed by atoms with Crippen LogP contribution in [0.5, 0.6) is 0 Å². The molecule has 2 amide bonds. The van der Waals surface area contributed by atoms with E-state index < -0.39 is 24.0 Å². The molecule has 0 spiro atoms. The number of β-lactam (4-membered cyclic amide) rings is 1. The largest absolute Gasteiger partial charge is 0.445 e. The molecule has 2 aromatic carbocycles. The Morgan fingerprint density at radius 3 is 2.22 bits per heavy atom. The highest BCUT2D eigenvalue weighted by molar-refractivity contribution is 6.08. The Labute approximate surface area is 157 Å². The molecule has 2 aromatic rings. The van der Waals surface area contributed by atoms with Gasteiger partial charge in [0.05, 0.1) is 12.6 Å². The molecule has 1 heterocycles. The fourth-order valence-corrected chi connectivity index (χ4v) is 2.89. The zero-order chi connectivity index (χ0) is 19.2. The van der Waals surface area contributed by atoms with Crippen molar-refractivity contribution in [2.24, 2.45) is 11.8 Å². The van der Waals surface area contributed by atoms with Crippen LogP contribution in [0.3, 0.4) is 0 Å². The van der Waals surface area contributed by atoms with Gasteiger partial charge in [-0.05, 0) is 17.5 Å². The SMILES string of the molecule is NN1C[C@H](C(=O)[C@H](Cc2ccccc2)NC(=O)OCc2ccccc2)C1=O. The topological polar surface area (TPSA) is 102 Å². The number of benzene rings is 2. The van der Waals surface area contributed by atoms with Gasteiger partial charge in [-0.3, -0.25) is 14.6 Å². The van der Waals surface area contributed by atoms with Gasteiger partial charge in [0, 0.05) is 0 Å². The minimum atomic E-state index is -0.863. The number of nitrogens with zero attached hydrogens (tertiary/aromatic N) is 1. The van der Waals surface area contributed by atoms with Gasteiger partial charge in [0.2, 0.25) is 5.91 Å². The van der Waals surface area contributed by atoms with Gasteiger partial charge in [-0.15, -0.1) is 0 Å². The van der Waals surface area contributed by atoms with Crippen LogP contribution in [0.25, 0.3) is 0 Å². The lowest BCUT2D eigenvalue weighted by atomic mass is 9.88. The van der Waals surface area contributed by atoms with Crippen LogP contribution >= 0.6 is 0 Å². The van der Waals surface area contributed by atoms with Crippen molar-refractivity contribution in [2.75, 3.05) is 6.54 Å². The summed E-state index contributed by atoms with van der Waals surface area (Å²) in [6.45, 7) is 0.252. The second kappa shape index (κ2) is 8.46. The molecule has 2 atom stereocenters. The number of ether oxygens (including phenoxy) is 1. The van der Waals surface area contributed by atoms with E-state index >= 15 is 0 Å². The number of hydrogen-bond donors (Lipinski definition) is 2. The number of Topliss-reactive ketones (excluding diaryl/α,β-unsaturated/α-hetero) is 1. The summed E-state index contributed by atoms with van der Waals surface area (Å²) in [6, 6.07) is 17.6. The standard InChI is InChI=1S/C20H21N3O4/c21-23-12-16(19(23)25)18(24)17(11-14-7-3-1-4-8-14)22-20(26)27-13-15-9-5-2-6-10-15/h1-10,16-17H,11-13,21H2,(H,22,26)/t16-,17+/m1/s1. The fraction of sp³-hybridized carbons (Fsp3) is 0.250. The van der Waals surface area contributed by atoms with Gasteiger partial charge in [-0.2, -0.15) is 0 Å².